The van der Waals surface area contributed by atoms with Crippen LogP contribution in [-0.4, -0.2) is 4.57 Å². The second kappa shape index (κ2) is 5.19. The van der Waals surface area contributed by atoms with Crippen LogP contribution in [0.25, 0.3) is 10.9 Å². The maximum atomic E-state index is 3.48. The molecule has 0 aliphatic rings. The molecule has 96 valence electrons. The van der Waals surface area contributed by atoms with Crippen molar-refractivity contribution in [3.05, 3.63) is 66.4 Å². The first-order chi connectivity index (χ1) is 9.38. The van der Waals surface area contributed by atoms with Gasteiger partial charge in [0, 0.05) is 35.9 Å². The van der Waals surface area contributed by atoms with E-state index in [2.05, 4.69) is 71.5 Å². The highest BCUT2D eigenvalue weighted by atomic mass is 15.0. The summed E-state index contributed by atoms with van der Waals surface area (Å²) in [5, 5.41) is 4.82. The lowest BCUT2D eigenvalue weighted by Crippen LogP contribution is -1.98. The first-order valence-corrected chi connectivity index (χ1v) is 6.74. The Kier molecular flexibility index (Phi) is 3.23. The third-order valence-electron chi connectivity index (χ3n) is 3.47. The Balaban J connectivity index is 1.89. The molecule has 0 atom stereocenters. The van der Waals surface area contributed by atoms with Crippen molar-refractivity contribution < 1.29 is 0 Å². The number of aromatic nitrogens is 1. The lowest BCUT2D eigenvalue weighted by Gasteiger charge is -2.04. The number of para-hydroxylation sites is 2. The van der Waals surface area contributed by atoms with E-state index in [9.17, 15) is 0 Å². The molecule has 0 radical (unpaired) electrons. The van der Waals surface area contributed by atoms with Crippen molar-refractivity contribution in [2.45, 2.75) is 20.0 Å². The molecule has 3 aromatic rings. The van der Waals surface area contributed by atoms with Gasteiger partial charge in [0.1, 0.15) is 0 Å². The van der Waals surface area contributed by atoms with Crippen LogP contribution < -0.4 is 5.32 Å². The molecular formula is C17H18N2. The van der Waals surface area contributed by atoms with Crippen LogP contribution in [0.2, 0.25) is 0 Å². The molecule has 1 N–H and O–H groups in total. The average Bonchev–Trinajstić information content (AvgIpc) is 2.84. The molecule has 0 bridgehead atoms. The summed E-state index contributed by atoms with van der Waals surface area (Å²) in [6, 6.07) is 18.9. The molecule has 0 spiro atoms. The molecule has 0 aliphatic carbocycles. The zero-order chi connectivity index (χ0) is 13.1. The number of nitrogens with zero attached hydrogens (tertiary/aromatic N) is 1. The van der Waals surface area contributed by atoms with Crippen molar-refractivity contribution in [3.8, 4) is 0 Å². The minimum Gasteiger partial charge on any atom is -0.381 e. The first kappa shape index (κ1) is 11.8. The quantitative estimate of drug-likeness (QED) is 0.731. The Morgan fingerprint density at radius 2 is 1.68 bits per heavy atom. The Labute approximate surface area is 113 Å². The first-order valence-electron chi connectivity index (χ1n) is 6.74. The molecule has 2 heteroatoms. The number of nitrogens with one attached hydrogen (secondary N) is 1. The van der Waals surface area contributed by atoms with E-state index in [0.717, 1.165) is 18.8 Å². The van der Waals surface area contributed by atoms with Crippen molar-refractivity contribution in [3.63, 3.8) is 0 Å². The van der Waals surface area contributed by atoms with Crippen LogP contribution in [0.1, 0.15) is 12.5 Å². The van der Waals surface area contributed by atoms with Gasteiger partial charge >= 0.3 is 0 Å². The predicted molar refractivity (Wildman–Crippen MR) is 81.4 cm³/mol. The Hall–Kier alpha value is -2.22. The zero-order valence-electron chi connectivity index (χ0n) is 11.1. The van der Waals surface area contributed by atoms with Gasteiger partial charge in [0.2, 0.25) is 0 Å². The van der Waals surface area contributed by atoms with Crippen molar-refractivity contribution in [2.24, 2.45) is 0 Å². The summed E-state index contributed by atoms with van der Waals surface area (Å²) < 4.78 is 2.30. The molecule has 19 heavy (non-hydrogen) atoms. The van der Waals surface area contributed by atoms with Crippen molar-refractivity contribution in [2.75, 3.05) is 5.32 Å². The van der Waals surface area contributed by atoms with Crippen LogP contribution in [-0.2, 0) is 13.1 Å². The average molecular weight is 250 g/mol. The van der Waals surface area contributed by atoms with Crippen molar-refractivity contribution in [1.82, 2.24) is 4.57 Å². The molecule has 0 fully saturated rings. The van der Waals surface area contributed by atoms with Gasteiger partial charge in [-0.15, -0.1) is 0 Å². The maximum absolute atomic E-state index is 3.48. The summed E-state index contributed by atoms with van der Waals surface area (Å²) in [7, 11) is 0. The molecule has 0 saturated carbocycles. The smallest absolute Gasteiger partial charge is 0.0483 e. The van der Waals surface area contributed by atoms with Crippen LogP contribution in [0.3, 0.4) is 0 Å². The van der Waals surface area contributed by atoms with Gasteiger partial charge in [-0.25, -0.2) is 0 Å². The van der Waals surface area contributed by atoms with Gasteiger partial charge in [0.05, 0.1) is 0 Å². The minimum absolute atomic E-state index is 0.859. The molecular weight excluding hydrogens is 232 g/mol. The summed E-state index contributed by atoms with van der Waals surface area (Å²) in [5.41, 5.74) is 3.83. The molecule has 0 aliphatic heterocycles. The molecule has 0 unspecified atom stereocenters. The monoisotopic (exact) mass is 250 g/mol. The lowest BCUT2D eigenvalue weighted by atomic mass is 10.2. The van der Waals surface area contributed by atoms with Crippen LogP contribution in [0, 0.1) is 0 Å². The Morgan fingerprint density at radius 1 is 0.947 bits per heavy atom. The second-order valence-electron chi connectivity index (χ2n) is 4.68. The van der Waals surface area contributed by atoms with Gasteiger partial charge in [-0.2, -0.15) is 0 Å². The van der Waals surface area contributed by atoms with Crippen LogP contribution in [0.5, 0.6) is 0 Å². The molecule has 3 rings (SSSR count). The van der Waals surface area contributed by atoms with Gasteiger partial charge < -0.3 is 9.88 Å². The topological polar surface area (TPSA) is 17.0 Å². The third-order valence-corrected chi connectivity index (χ3v) is 3.47. The fraction of sp³-hybridized carbons (Fsp3) is 0.176. The van der Waals surface area contributed by atoms with E-state index in [1.165, 1.54) is 16.5 Å². The Bertz CT molecular complexity index is 668. The Morgan fingerprint density at radius 3 is 2.47 bits per heavy atom. The summed E-state index contributed by atoms with van der Waals surface area (Å²) in [5.74, 6) is 0. The normalized spacial score (nSPS) is 10.8. The molecule has 2 aromatic carbocycles. The van der Waals surface area contributed by atoms with E-state index in [0.29, 0.717) is 0 Å². The summed E-state index contributed by atoms with van der Waals surface area (Å²) >= 11 is 0. The van der Waals surface area contributed by atoms with E-state index in [1.54, 1.807) is 0 Å². The fourth-order valence-electron chi connectivity index (χ4n) is 2.48. The molecule has 1 heterocycles. The van der Waals surface area contributed by atoms with Crippen LogP contribution >= 0.6 is 0 Å². The molecule has 0 saturated heterocycles. The van der Waals surface area contributed by atoms with E-state index >= 15 is 0 Å². The lowest BCUT2D eigenvalue weighted by molar-refractivity contribution is 0.793. The van der Waals surface area contributed by atoms with E-state index in [4.69, 9.17) is 0 Å². The number of benzene rings is 2. The predicted octanol–water partition coefficient (Wildman–Crippen LogP) is 4.27. The summed E-state index contributed by atoms with van der Waals surface area (Å²) in [6.07, 6.45) is 2.25. The third kappa shape index (κ3) is 2.34. The minimum atomic E-state index is 0.859. The van der Waals surface area contributed by atoms with Gasteiger partial charge in [0.15, 0.2) is 0 Å². The highest BCUT2D eigenvalue weighted by Gasteiger charge is 2.06. The zero-order valence-corrected chi connectivity index (χ0v) is 11.1. The maximum Gasteiger partial charge on any atom is 0.0483 e. The van der Waals surface area contributed by atoms with Gasteiger partial charge in [-0.1, -0.05) is 36.4 Å². The fourth-order valence-corrected chi connectivity index (χ4v) is 2.48. The van der Waals surface area contributed by atoms with E-state index < -0.39 is 0 Å². The summed E-state index contributed by atoms with van der Waals surface area (Å²) in [6.45, 7) is 4.05. The highest BCUT2D eigenvalue weighted by molar-refractivity contribution is 5.84. The number of rotatable bonds is 4. The number of aryl methyl sites for hydroxylation is 1. The van der Waals surface area contributed by atoms with Gasteiger partial charge in [-0.3, -0.25) is 0 Å². The molecule has 1 aromatic heterocycles. The number of hydrogen-bond donors (Lipinski definition) is 1. The molecule has 0 amide bonds. The molecule has 2 nitrogen and oxygen atoms in total. The van der Waals surface area contributed by atoms with Crippen molar-refractivity contribution in [1.29, 1.82) is 0 Å². The number of fused-ring (bicyclic) bond motifs is 1. The second-order valence-corrected chi connectivity index (χ2v) is 4.68. The standard InChI is InChI=1S/C17H18N2/c1-2-19-13-14(16-10-6-7-11-17(16)19)12-18-15-8-4-3-5-9-15/h3-11,13,18H,2,12H2,1H3. The van der Waals surface area contributed by atoms with Gasteiger partial charge in [0.25, 0.3) is 0 Å². The number of hydrogen-bond acceptors (Lipinski definition) is 1. The van der Waals surface area contributed by atoms with Crippen LogP contribution in [0.4, 0.5) is 5.69 Å². The highest BCUT2D eigenvalue weighted by Crippen LogP contribution is 2.22. The summed E-state index contributed by atoms with van der Waals surface area (Å²) in [4.78, 5) is 0. The largest absolute Gasteiger partial charge is 0.381 e. The SMILES string of the molecule is CCn1cc(CNc2ccccc2)c2ccccc21. The number of anilines is 1. The van der Waals surface area contributed by atoms with Crippen LogP contribution in [0.15, 0.2) is 60.8 Å². The van der Waals surface area contributed by atoms with Crippen molar-refractivity contribution >= 4 is 16.6 Å². The van der Waals surface area contributed by atoms with E-state index in [1.807, 2.05) is 6.07 Å². The van der Waals surface area contributed by atoms with Gasteiger partial charge in [-0.05, 0) is 30.7 Å². The van der Waals surface area contributed by atoms with E-state index in [-0.39, 0.29) is 0 Å².